The fourth-order valence-corrected chi connectivity index (χ4v) is 4.10. The van der Waals surface area contributed by atoms with Crippen molar-refractivity contribution < 1.29 is 4.79 Å². The van der Waals surface area contributed by atoms with Crippen LogP contribution >= 0.6 is 15.9 Å². The van der Waals surface area contributed by atoms with E-state index in [4.69, 9.17) is 4.98 Å². The summed E-state index contributed by atoms with van der Waals surface area (Å²) in [5.41, 5.74) is 5.45. The fourth-order valence-electron chi connectivity index (χ4n) is 3.83. The van der Waals surface area contributed by atoms with E-state index < -0.39 is 0 Å². The molecule has 0 atom stereocenters. The normalized spacial score (nSPS) is 11.2. The molecule has 3 aromatic carbocycles. The number of imidazole rings is 1. The third-order valence-electron chi connectivity index (χ3n) is 5.69. The number of rotatable bonds is 8. The predicted molar refractivity (Wildman–Crippen MR) is 134 cm³/mol. The van der Waals surface area contributed by atoms with Gasteiger partial charge in [0.05, 0.1) is 11.0 Å². The molecule has 0 aliphatic rings. The van der Waals surface area contributed by atoms with Crippen molar-refractivity contribution in [3.05, 3.63) is 99.8 Å². The molecule has 0 spiro atoms. The molecule has 0 aliphatic heterocycles. The van der Waals surface area contributed by atoms with Crippen molar-refractivity contribution in [3.63, 3.8) is 0 Å². The van der Waals surface area contributed by atoms with Crippen molar-refractivity contribution in [2.24, 2.45) is 0 Å². The summed E-state index contributed by atoms with van der Waals surface area (Å²) in [5.74, 6) is 1.54. The van der Waals surface area contributed by atoms with Gasteiger partial charge in [-0.2, -0.15) is 0 Å². The number of halogens is 1. The second kappa shape index (κ2) is 10.1. The number of para-hydroxylation sites is 2. The van der Waals surface area contributed by atoms with E-state index in [0.29, 0.717) is 18.0 Å². The third-order valence-corrected chi connectivity index (χ3v) is 6.22. The van der Waals surface area contributed by atoms with E-state index in [2.05, 4.69) is 82.1 Å². The molecule has 0 radical (unpaired) electrons. The highest BCUT2D eigenvalue weighted by molar-refractivity contribution is 9.10. The molecule has 4 aromatic rings. The minimum Gasteiger partial charge on any atom is -0.352 e. The number of hydrogen-bond donors (Lipinski definition) is 1. The van der Waals surface area contributed by atoms with Gasteiger partial charge in [-0.3, -0.25) is 4.79 Å². The Morgan fingerprint density at radius 1 is 1.00 bits per heavy atom. The first-order chi connectivity index (χ1) is 15.5. The number of carbonyl (C=O) groups excluding carboxylic acids is 1. The zero-order valence-corrected chi connectivity index (χ0v) is 20.1. The van der Waals surface area contributed by atoms with Crippen LogP contribution < -0.4 is 5.32 Å². The Balaban J connectivity index is 1.44. The third kappa shape index (κ3) is 5.28. The van der Waals surface area contributed by atoms with Gasteiger partial charge in [-0.15, -0.1) is 0 Å². The van der Waals surface area contributed by atoms with E-state index in [-0.39, 0.29) is 5.91 Å². The number of amides is 1. The number of hydrogen-bond acceptors (Lipinski definition) is 2. The van der Waals surface area contributed by atoms with E-state index in [1.807, 2.05) is 30.3 Å². The second-order valence-electron chi connectivity index (χ2n) is 8.37. The van der Waals surface area contributed by atoms with Crippen molar-refractivity contribution in [1.29, 1.82) is 0 Å². The van der Waals surface area contributed by atoms with E-state index in [0.717, 1.165) is 40.7 Å². The van der Waals surface area contributed by atoms with Crippen molar-refractivity contribution in [2.45, 2.75) is 39.2 Å². The molecule has 32 heavy (non-hydrogen) atoms. The first kappa shape index (κ1) is 22.3. The molecule has 0 bridgehead atoms. The highest BCUT2D eigenvalue weighted by Crippen LogP contribution is 2.21. The number of nitrogens with one attached hydrogen (secondary N) is 1. The van der Waals surface area contributed by atoms with Gasteiger partial charge in [0.1, 0.15) is 5.82 Å². The van der Waals surface area contributed by atoms with Crippen LogP contribution in [-0.2, 0) is 13.0 Å². The summed E-state index contributed by atoms with van der Waals surface area (Å²) in [6.45, 7) is 5.83. The van der Waals surface area contributed by atoms with Crippen LogP contribution in [0.5, 0.6) is 0 Å². The number of nitrogens with zero attached hydrogens (tertiary/aromatic N) is 2. The minimum atomic E-state index is -0.0451. The van der Waals surface area contributed by atoms with E-state index in [1.54, 1.807) is 0 Å². The lowest BCUT2D eigenvalue weighted by Gasteiger charge is -2.12. The predicted octanol–water partition coefficient (Wildman–Crippen LogP) is 6.33. The van der Waals surface area contributed by atoms with Crippen molar-refractivity contribution in [2.75, 3.05) is 6.54 Å². The van der Waals surface area contributed by atoms with Gasteiger partial charge in [-0.05, 0) is 59.9 Å². The van der Waals surface area contributed by atoms with Crippen LogP contribution in [0, 0.1) is 0 Å². The first-order valence-corrected chi connectivity index (χ1v) is 11.9. The summed E-state index contributed by atoms with van der Waals surface area (Å²) in [5, 5.41) is 3.02. The standard InChI is InChI=1S/C27H28BrN3O/c1-19(2)21-11-9-20(10-12-21)18-31-25-7-4-3-6-24(25)30-26(31)8-5-17-29-27(32)22-13-15-23(28)16-14-22/h3-4,6-7,9-16,19H,5,8,17-18H2,1-2H3,(H,29,32). The van der Waals surface area contributed by atoms with Crippen LogP contribution in [0.15, 0.2) is 77.3 Å². The van der Waals surface area contributed by atoms with E-state index in [1.165, 1.54) is 11.1 Å². The molecular weight excluding hydrogens is 462 g/mol. The maximum atomic E-state index is 12.3. The summed E-state index contributed by atoms with van der Waals surface area (Å²) < 4.78 is 3.27. The molecule has 1 heterocycles. The quantitative estimate of drug-likeness (QED) is 0.293. The molecule has 1 aromatic heterocycles. The minimum absolute atomic E-state index is 0.0451. The van der Waals surface area contributed by atoms with Gasteiger partial charge >= 0.3 is 0 Å². The zero-order chi connectivity index (χ0) is 22.5. The van der Waals surface area contributed by atoms with Gasteiger partial charge in [-0.25, -0.2) is 4.98 Å². The van der Waals surface area contributed by atoms with Gasteiger partial charge in [0.2, 0.25) is 0 Å². The van der Waals surface area contributed by atoms with Crippen molar-refractivity contribution in [1.82, 2.24) is 14.9 Å². The first-order valence-electron chi connectivity index (χ1n) is 11.1. The van der Waals surface area contributed by atoms with Crippen LogP contribution in [-0.4, -0.2) is 22.0 Å². The summed E-state index contributed by atoms with van der Waals surface area (Å²) >= 11 is 3.40. The molecule has 0 saturated heterocycles. The van der Waals surface area contributed by atoms with Crippen LogP contribution in [0.4, 0.5) is 0 Å². The number of carbonyl (C=O) groups is 1. The Hall–Kier alpha value is -2.92. The van der Waals surface area contributed by atoms with Crippen LogP contribution in [0.3, 0.4) is 0 Å². The van der Waals surface area contributed by atoms with Crippen LogP contribution in [0.1, 0.15) is 53.5 Å². The Kier molecular flexibility index (Phi) is 7.05. The van der Waals surface area contributed by atoms with Crippen molar-refractivity contribution >= 4 is 32.9 Å². The van der Waals surface area contributed by atoms with Gasteiger partial charge in [-0.1, -0.05) is 66.2 Å². The van der Waals surface area contributed by atoms with Crippen molar-refractivity contribution in [3.8, 4) is 0 Å². The molecule has 0 unspecified atom stereocenters. The molecular formula is C27H28BrN3O. The van der Waals surface area contributed by atoms with Crippen LogP contribution in [0.25, 0.3) is 11.0 Å². The Morgan fingerprint density at radius 2 is 1.72 bits per heavy atom. The highest BCUT2D eigenvalue weighted by Gasteiger charge is 2.12. The molecule has 1 amide bonds. The molecule has 1 N–H and O–H groups in total. The molecule has 4 nitrogen and oxygen atoms in total. The molecule has 164 valence electrons. The molecule has 0 saturated carbocycles. The van der Waals surface area contributed by atoms with E-state index >= 15 is 0 Å². The lowest BCUT2D eigenvalue weighted by Crippen LogP contribution is -2.25. The fraction of sp³-hybridized carbons (Fsp3) is 0.259. The average molecular weight is 490 g/mol. The molecule has 4 rings (SSSR count). The smallest absolute Gasteiger partial charge is 0.251 e. The summed E-state index contributed by atoms with van der Waals surface area (Å²) in [6, 6.07) is 24.5. The summed E-state index contributed by atoms with van der Waals surface area (Å²) in [4.78, 5) is 17.2. The van der Waals surface area contributed by atoms with Gasteiger partial charge in [0.25, 0.3) is 5.91 Å². The zero-order valence-electron chi connectivity index (χ0n) is 18.5. The lowest BCUT2D eigenvalue weighted by molar-refractivity contribution is 0.0953. The maximum Gasteiger partial charge on any atom is 0.251 e. The number of benzene rings is 3. The largest absolute Gasteiger partial charge is 0.352 e. The Morgan fingerprint density at radius 3 is 2.44 bits per heavy atom. The SMILES string of the molecule is CC(C)c1ccc(Cn2c(CCCNC(=O)c3ccc(Br)cc3)nc3ccccc32)cc1. The molecule has 5 heteroatoms. The van der Waals surface area contributed by atoms with Crippen LogP contribution in [0.2, 0.25) is 0 Å². The summed E-state index contributed by atoms with van der Waals surface area (Å²) in [6.07, 6.45) is 1.64. The topological polar surface area (TPSA) is 46.9 Å². The van der Waals surface area contributed by atoms with Gasteiger partial charge in [0, 0.05) is 29.5 Å². The average Bonchev–Trinajstić information content (AvgIpc) is 3.14. The van der Waals surface area contributed by atoms with Gasteiger partial charge < -0.3 is 9.88 Å². The second-order valence-corrected chi connectivity index (χ2v) is 9.28. The molecule has 0 fully saturated rings. The monoisotopic (exact) mass is 489 g/mol. The number of aryl methyl sites for hydroxylation is 1. The van der Waals surface area contributed by atoms with Gasteiger partial charge in [0.15, 0.2) is 0 Å². The molecule has 0 aliphatic carbocycles. The Labute approximate surface area is 197 Å². The Bertz CT molecular complexity index is 1190. The number of aromatic nitrogens is 2. The highest BCUT2D eigenvalue weighted by atomic mass is 79.9. The summed E-state index contributed by atoms with van der Waals surface area (Å²) in [7, 11) is 0. The lowest BCUT2D eigenvalue weighted by atomic mass is 10.0. The van der Waals surface area contributed by atoms with E-state index in [9.17, 15) is 4.79 Å². The number of fused-ring (bicyclic) bond motifs is 1. The maximum absolute atomic E-state index is 12.3.